The number of anilines is 3. The predicted octanol–water partition coefficient (Wildman–Crippen LogP) is 4.89. The summed E-state index contributed by atoms with van der Waals surface area (Å²) in [6.45, 7) is 2.73. The van der Waals surface area contributed by atoms with E-state index >= 15 is 0 Å². The van der Waals surface area contributed by atoms with Crippen molar-refractivity contribution in [3.05, 3.63) is 90.0 Å². The van der Waals surface area contributed by atoms with E-state index < -0.39 is 17.5 Å². The molecule has 0 bridgehead atoms. The average Bonchev–Trinajstić information content (AvgIpc) is 2.99. The first kappa shape index (κ1) is 32.0. The Labute approximate surface area is 232 Å². The van der Waals surface area contributed by atoms with Crippen molar-refractivity contribution in [2.45, 2.75) is 31.7 Å². The number of carbonyl (C=O) groups is 2. The smallest absolute Gasteiger partial charge is 0.214 e. The number of carbonyl (C=O) groups excluding carboxylic acids is 2. The minimum Gasteiger partial charge on any atom is -0.386 e. The van der Waals surface area contributed by atoms with Crippen LogP contribution in [-0.2, 0) is 9.59 Å². The van der Waals surface area contributed by atoms with Gasteiger partial charge in [0.2, 0.25) is 6.41 Å². The largest absolute Gasteiger partial charge is 0.386 e. The molecule has 0 aliphatic heterocycles. The summed E-state index contributed by atoms with van der Waals surface area (Å²) in [6.07, 6.45) is 8.58. The molecule has 0 aliphatic carbocycles. The highest BCUT2D eigenvalue weighted by atomic mass is 19.2. The number of nitrogens with zero attached hydrogens (tertiary/aromatic N) is 3. The summed E-state index contributed by atoms with van der Waals surface area (Å²) in [5.41, 5.74) is 2.78. The summed E-state index contributed by atoms with van der Waals surface area (Å²) < 4.78 is 41.3. The minimum atomic E-state index is -1.55. The molecule has 2 aromatic carbocycles. The van der Waals surface area contributed by atoms with E-state index in [4.69, 9.17) is 10.6 Å². The fourth-order valence-electron chi connectivity index (χ4n) is 4.27. The number of pyridine rings is 1. The number of para-hydroxylation sites is 2. The number of hydrazine groups is 1. The number of hydrogen-bond donors (Lipinski definition) is 3. The first-order valence-electron chi connectivity index (χ1n) is 12.6. The van der Waals surface area contributed by atoms with Crippen molar-refractivity contribution < 1.29 is 22.8 Å². The number of nitrogens with one attached hydrogen (secondary N) is 2. The summed E-state index contributed by atoms with van der Waals surface area (Å²) in [6, 6.07) is 12.7. The van der Waals surface area contributed by atoms with Gasteiger partial charge in [-0.1, -0.05) is 18.2 Å². The lowest BCUT2D eigenvalue weighted by Gasteiger charge is -2.30. The maximum Gasteiger partial charge on any atom is 0.214 e. The fraction of sp³-hybridized carbons (Fsp3) is 0.276. The molecule has 1 heterocycles. The Hall–Kier alpha value is -4.22. The van der Waals surface area contributed by atoms with Crippen molar-refractivity contribution >= 4 is 36.0 Å². The van der Waals surface area contributed by atoms with Gasteiger partial charge in [0.15, 0.2) is 17.5 Å². The topological polar surface area (TPSA) is 104 Å². The van der Waals surface area contributed by atoms with Crippen LogP contribution in [0.2, 0.25) is 0 Å². The minimum absolute atomic E-state index is 0.0350. The number of allylic oxidation sites excluding steroid dienone is 1. The zero-order chi connectivity index (χ0) is 29.5. The van der Waals surface area contributed by atoms with Gasteiger partial charge in [-0.25, -0.2) is 19.0 Å². The van der Waals surface area contributed by atoms with Gasteiger partial charge in [-0.3, -0.25) is 14.8 Å². The second kappa shape index (κ2) is 16.7. The molecule has 0 fully saturated rings. The maximum absolute atomic E-state index is 13.9. The molecular formula is C29H35F3N6O2. The van der Waals surface area contributed by atoms with E-state index in [1.807, 2.05) is 51.2 Å². The van der Waals surface area contributed by atoms with E-state index in [1.165, 1.54) is 0 Å². The van der Waals surface area contributed by atoms with E-state index in [0.29, 0.717) is 30.5 Å². The number of halogens is 3. The number of unbranched alkanes of at least 4 members (excludes halogenated alkanes) is 1. The predicted molar refractivity (Wildman–Crippen MR) is 153 cm³/mol. The van der Waals surface area contributed by atoms with Crippen molar-refractivity contribution in [3.63, 3.8) is 0 Å². The number of nitrogens with two attached hydrogens (primary N) is 1. The highest BCUT2D eigenvalue weighted by Gasteiger charge is 2.21. The summed E-state index contributed by atoms with van der Waals surface area (Å²) in [5, 5.41) is 7.41. The Balaban J connectivity index is 0.00000274. The number of hydrogen-bond acceptors (Lipinski definition) is 7. The van der Waals surface area contributed by atoms with Crippen molar-refractivity contribution in [1.29, 1.82) is 0 Å². The quantitative estimate of drug-likeness (QED) is 0.0854. The molecule has 0 saturated heterocycles. The van der Waals surface area contributed by atoms with Gasteiger partial charge in [0.05, 0.1) is 22.8 Å². The monoisotopic (exact) mass is 556 g/mol. The third-order valence-corrected chi connectivity index (χ3v) is 6.25. The Morgan fingerprint density at radius 2 is 1.70 bits per heavy atom. The fourth-order valence-corrected chi connectivity index (χ4v) is 4.27. The number of aromatic nitrogens is 1. The molecule has 11 heteroatoms. The van der Waals surface area contributed by atoms with E-state index in [1.54, 1.807) is 29.4 Å². The summed E-state index contributed by atoms with van der Waals surface area (Å²) >= 11 is 0. The molecule has 0 spiro atoms. The standard InChI is InChI=1S/C28H33F3N6O.CH2O/c1-33-14-13-21(36(19-38)27-10-6-4-8-25(27)34-2)7-3-5-9-26(20-11-15-35-16-12-20)37(32)22-17-23(29)28(31)24(30)18-22;1-2/h4,6,8-12,15-19,21,33-34H,3,5,7,13-14,32H2,1-2H3;1H2/b26-9-;. The molecule has 1 atom stereocenters. The van der Waals surface area contributed by atoms with Gasteiger partial charge in [-0.05, 0) is 63.5 Å². The second-order valence-electron chi connectivity index (χ2n) is 8.68. The van der Waals surface area contributed by atoms with Gasteiger partial charge in [-0.15, -0.1) is 0 Å². The average molecular weight is 557 g/mol. The van der Waals surface area contributed by atoms with Gasteiger partial charge in [0.1, 0.15) is 6.79 Å². The third kappa shape index (κ3) is 8.39. The molecule has 40 heavy (non-hydrogen) atoms. The Morgan fingerprint density at radius 1 is 1.05 bits per heavy atom. The van der Waals surface area contributed by atoms with Crippen LogP contribution in [0.25, 0.3) is 5.70 Å². The van der Waals surface area contributed by atoms with Crippen LogP contribution in [0.3, 0.4) is 0 Å². The van der Waals surface area contributed by atoms with Crippen LogP contribution in [0.15, 0.2) is 67.0 Å². The molecule has 214 valence electrons. The zero-order valence-corrected chi connectivity index (χ0v) is 22.6. The van der Waals surface area contributed by atoms with E-state index in [9.17, 15) is 18.0 Å². The molecule has 0 saturated carbocycles. The molecule has 1 aromatic heterocycles. The van der Waals surface area contributed by atoms with Crippen LogP contribution < -0.4 is 26.4 Å². The second-order valence-corrected chi connectivity index (χ2v) is 8.68. The van der Waals surface area contributed by atoms with Gasteiger partial charge in [-0.2, -0.15) is 0 Å². The first-order chi connectivity index (χ1) is 19.4. The van der Waals surface area contributed by atoms with Gasteiger partial charge >= 0.3 is 0 Å². The van der Waals surface area contributed by atoms with E-state index in [2.05, 4.69) is 15.6 Å². The first-order valence-corrected chi connectivity index (χ1v) is 12.6. The van der Waals surface area contributed by atoms with E-state index in [0.717, 1.165) is 47.9 Å². The van der Waals surface area contributed by atoms with Gasteiger partial charge in [0, 0.05) is 43.2 Å². The van der Waals surface area contributed by atoms with Crippen LogP contribution in [0.4, 0.5) is 30.2 Å². The van der Waals surface area contributed by atoms with Crippen LogP contribution >= 0.6 is 0 Å². The number of rotatable bonds is 14. The lowest BCUT2D eigenvalue weighted by Crippen LogP contribution is -2.36. The molecule has 0 aliphatic rings. The van der Waals surface area contributed by atoms with Crippen molar-refractivity contribution in [3.8, 4) is 0 Å². The lowest BCUT2D eigenvalue weighted by atomic mass is 10.0. The summed E-state index contributed by atoms with van der Waals surface area (Å²) in [4.78, 5) is 25.9. The molecule has 3 rings (SSSR count). The molecule has 4 N–H and O–H groups in total. The maximum atomic E-state index is 13.9. The highest BCUT2D eigenvalue weighted by Crippen LogP contribution is 2.30. The Kier molecular flexibility index (Phi) is 13.3. The molecule has 3 aromatic rings. The molecule has 0 radical (unpaired) electrons. The zero-order valence-electron chi connectivity index (χ0n) is 22.6. The normalized spacial score (nSPS) is 11.7. The summed E-state index contributed by atoms with van der Waals surface area (Å²) in [5.74, 6) is 2.06. The van der Waals surface area contributed by atoms with Crippen molar-refractivity contribution in [2.24, 2.45) is 5.84 Å². The van der Waals surface area contributed by atoms with Crippen molar-refractivity contribution in [1.82, 2.24) is 10.3 Å². The van der Waals surface area contributed by atoms with Gasteiger partial charge < -0.3 is 20.3 Å². The van der Waals surface area contributed by atoms with Gasteiger partial charge in [0.25, 0.3) is 0 Å². The molecule has 1 unspecified atom stereocenters. The molecule has 1 amide bonds. The number of benzene rings is 2. The van der Waals surface area contributed by atoms with Crippen LogP contribution in [0.5, 0.6) is 0 Å². The lowest BCUT2D eigenvalue weighted by molar-refractivity contribution is -0.108. The van der Waals surface area contributed by atoms with Crippen LogP contribution in [0, 0.1) is 17.5 Å². The number of amides is 1. The van der Waals surface area contributed by atoms with Crippen LogP contribution in [-0.4, -0.2) is 44.9 Å². The Morgan fingerprint density at radius 3 is 2.30 bits per heavy atom. The third-order valence-electron chi connectivity index (χ3n) is 6.25. The molecule has 8 nitrogen and oxygen atoms in total. The molecular weight excluding hydrogens is 521 g/mol. The highest BCUT2D eigenvalue weighted by molar-refractivity contribution is 5.84. The summed E-state index contributed by atoms with van der Waals surface area (Å²) in [7, 11) is 3.68. The van der Waals surface area contributed by atoms with E-state index in [-0.39, 0.29) is 11.7 Å². The van der Waals surface area contributed by atoms with Crippen molar-refractivity contribution in [2.75, 3.05) is 35.9 Å². The SMILES string of the molecule is C=O.CNCCC(CCC/C=C(/c1ccncc1)N(N)c1cc(F)c(F)c(F)c1)N(C=O)c1ccccc1NC. The Bertz CT molecular complexity index is 1220. The van der Waals surface area contributed by atoms with Crippen LogP contribution in [0.1, 0.15) is 31.2 Å².